The second-order valence-electron chi connectivity index (χ2n) is 5.57. The molecule has 0 fully saturated rings. The SMILES string of the molecule is CC.Cc1cnc(CSC2Nc3ccccc3N2C)c(C)c1C.II. The molecule has 25 heavy (non-hydrogen) atoms. The van der Waals surface area contributed by atoms with Crippen molar-refractivity contribution in [2.45, 2.75) is 45.9 Å². The highest BCUT2D eigenvalue weighted by Gasteiger charge is 2.25. The smallest absolute Gasteiger partial charge is 0.148 e. The molecule has 0 aliphatic carbocycles. The van der Waals surface area contributed by atoms with E-state index in [9.17, 15) is 0 Å². The maximum atomic E-state index is 4.61. The summed E-state index contributed by atoms with van der Waals surface area (Å²) in [5, 5.41) is 3.56. The average Bonchev–Trinajstić information content (AvgIpc) is 2.99. The number of nitrogens with zero attached hydrogens (tertiary/aromatic N) is 2. The predicted octanol–water partition coefficient (Wildman–Crippen LogP) is 6.88. The Morgan fingerprint density at radius 2 is 1.76 bits per heavy atom. The number of fused-ring (bicyclic) bond motifs is 1. The first-order valence-corrected chi connectivity index (χ1v) is 15.7. The lowest BCUT2D eigenvalue weighted by molar-refractivity contribution is 0.966. The van der Waals surface area contributed by atoms with E-state index in [1.807, 2.05) is 31.8 Å². The van der Waals surface area contributed by atoms with E-state index >= 15 is 0 Å². The van der Waals surface area contributed by atoms with Crippen molar-refractivity contribution < 1.29 is 0 Å². The number of aryl methyl sites for hydroxylation is 1. The van der Waals surface area contributed by atoms with Gasteiger partial charge in [-0.1, -0.05) is 26.0 Å². The Labute approximate surface area is 180 Å². The molecule has 138 valence electrons. The number of para-hydroxylation sites is 2. The zero-order valence-corrected chi connectivity index (χ0v) is 20.9. The van der Waals surface area contributed by atoms with Crippen molar-refractivity contribution in [1.82, 2.24) is 4.98 Å². The Bertz CT molecular complexity index is 680. The molecule has 1 aromatic heterocycles. The van der Waals surface area contributed by atoms with Crippen molar-refractivity contribution in [1.29, 1.82) is 0 Å². The van der Waals surface area contributed by atoms with Gasteiger partial charge in [-0.15, -0.1) is 11.8 Å². The first kappa shape index (κ1) is 22.8. The number of pyridine rings is 1. The van der Waals surface area contributed by atoms with Crippen molar-refractivity contribution in [2.75, 3.05) is 17.3 Å². The summed E-state index contributed by atoms with van der Waals surface area (Å²) in [7, 11) is 2.14. The van der Waals surface area contributed by atoms with E-state index in [-0.39, 0.29) is 5.50 Å². The lowest BCUT2D eigenvalue weighted by atomic mass is 10.1. The number of anilines is 2. The molecule has 3 rings (SSSR count). The van der Waals surface area contributed by atoms with Crippen LogP contribution in [0.1, 0.15) is 36.2 Å². The molecule has 6 heteroatoms. The number of nitrogens with one attached hydrogen (secondary N) is 1. The summed E-state index contributed by atoms with van der Waals surface area (Å²) in [5.41, 5.74) is 7.88. The predicted molar refractivity (Wildman–Crippen MR) is 131 cm³/mol. The van der Waals surface area contributed by atoms with Gasteiger partial charge in [-0.05, 0) is 49.6 Å². The van der Waals surface area contributed by atoms with Gasteiger partial charge in [-0.25, -0.2) is 0 Å². The van der Waals surface area contributed by atoms with E-state index in [1.54, 1.807) is 0 Å². The molecule has 0 saturated heterocycles. The Morgan fingerprint density at radius 1 is 1.12 bits per heavy atom. The molecule has 1 aromatic carbocycles. The minimum absolute atomic E-state index is 0.269. The van der Waals surface area contributed by atoms with Crippen LogP contribution in [0.2, 0.25) is 0 Å². The summed E-state index contributed by atoms with van der Waals surface area (Å²) >= 11 is 6.12. The molecule has 1 unspecified atom stereocenters. The molecule has 2 heterocycles. The Balaban J connectivity index is 0.000000730. The summed E-state index contributed by atoms with van der Waals surface area (Å²) < 4.78 is 0. The zero-order chi connectivity index (χ0) is 19.0. The van der Waals surface area contributed by atoms with Crippen LogP contribution in [0.25, 0.3) is 0 Å². The highest BCUT2D eigenvalue weighted by molar-refractivity contribution is 15.0. The summed E-state index contributed by atoms with van der Waals surface area (Å²) in [6, 6.07) is 8.44. The summed E-state index contributed by atoms with van der Waals surface area (Å²) in [6.07, 6.45) is 1.98. The molecule has 0 saturated carbocycles. The van der Waals surface area contributed by atoms with E-state index in [2.05, 4.69) is 105 Å². The number of rotatable bonds is 3. The van der Waals surface area contributed by atoms with Crippen molar-refractivity contribution in [2.24, 2.45) is 0 Å². The number of hydrogen-bond donors (Lipinski definition) is 1. The lowest BCUT2D eigenvalue weighted by Crippen LogP contribution is -2.29. The molecule has 1 aliphatic heterocycles. The standard InChI is InChI=1S/C17H21N3S.C2H6.I2/c1-11-9-18-15(13(3)12(11)2)10-21-17-19-14-7-5-6-8-16(14)20(17)4;2*1-2/h5-9,17,19H,10H2,1-4H3;1-2H3;. The number of hydrogen-bond acceptors (Lipinski definition) is 4. The molecule has 0 radical (unpaired) electrons. The molecule has 3 nitrogen and oxygen atoms in total. The van der Waals surface area contributed by atoms with Gasteiger partial charge in [0.05, 0.1) is 17.1 Å². The van der Waals surface area contributed by atoms with Crippen molar-refractivity contribution in [3.63, 3.8) is 0 Å². The highest BCUT2D eigenvalue weighted by atomic mass is 128. The van der Waals surface area contributed by atoms with Gasteiger partial charge in [0.2, 0.25) is 0 Å². The molecule has 0 bridgehead atoms. The van der Waals surface area contributed by atoms with Gasteiger partial charge < -0.3 is 10.2 Å². The van der Waals surface area contributed by atoms with Gasteiger partial charge in [0.1, 0.15) is 5.50 Å². The fraction of sp³-hybridized carbons (Fsp3) is 0.421. The van der Waals surface area contributed by atoms with Gasteiger partial charge in [0.15, 0.2) is 0 Å². The number of thioether (sulfide) groups is 1. The van der Waals surface area contributed by atoms with Gasteiger partial charge in [-0.2, -0.15) is 0 Å². The van der Waals surface area contributed by atoms with Crippen LogP contribution in [-0.4, -0.2) is 17.5 Å². The minimum Gasteiger partial charge on any atom is -0.355 e. The van der Waals surface area contributed by atoms with E-state index in [4.69, 9.17) is 0 Å². The third-order valence-electron chi connectivity index (χ3n) is 4.29. The van der Waals surface area contributed by atoms with E-state index in [0.29, 0.717) is 0 Å². The molecule has 1 N–H and O–H groups in total. The zero-order valence-electron chi connectivity index (χ0n) is 15.7. The van der Waals surface area contributed by atoms with Gasteiger partial charge in [0, 0.05) is 56.2 Å². The lowest BCUT2D eigenvalue weighted by Gasteiger charge is -2.21. The van der Waals surface area contributed by atoms with Crippen molar-refractivity contribution in [3.8, 4) is 0 Å². The minimum atomic E-state index is 0.269. The quantitative estimate of drug-likeness (QED) is 0.399. The Hall–Kier alpha value is -0.220. The average molecular weight is 583 g/mol. The Morgan fingerprint density at radius 3 is 2.40 bits per heavy atom. The first-order valence-electron chi connectivity index (χ1n) is 8.34. The number of benzene rings is 1. The highest BCUT2D eigenvalue weighted by Crippen LogP contribution is 2.37. The van der Waals surface area contributed by atoms with E-state index < -0.39 is 0 Å². The number of aromatic nitrogens is 1. The van der Waals surface area contributed by atoms with Crippen molar-refractivity contribution >= 4 is 60.4 Å². The summed E-state index contributed by atoms with van der Waals surface area (Å²) in [5.74, 6) is 0.920. The van der Waals surface area contributed by atoms with Crippen LogP contribution in [0.4, 0.5) is 11.4 Å². The van der Waals surface area contributed by atoms with E-state index in [1.165, 1.54) is 33.8 Å². The van der Waals surface area contributed by atoms with E-state index in [0.717, 1.165) is 5.75 Å². The largest absolute Gasteiger partial charge is 0.355 e. The molecular formula is C19H27I2N3S. The molecule has 1 aliphatic rings. The molecular weight excluding hydrogens is 556 g/mol. The van der Waals surface area contributed by atoms with Gasteiger partial charge in [0.25, 0.3) is 0 Å². The second kappa shape index (κ2) is 11.5. The van der Waals surface area contributed by atoms with Crippen LogP contribution >= 0.6 is 49.0 Å². The Kier molecular flexibility index (Phi) is 10.5. The fourth-order valence-corrected chi connectivity index (χ4v) is 3.75. The molecule has 0 spiro atoms. The molecule has 0 amide bonds. The second-order valence-corrected chi connectivity index (χ2v) is 6.64. The van der Waals surface area contributed by atoms with Gasteiger partial charge >= 0.3 is 0 Å². The summed E-state index contributed by atoms with van der Waals surface area (Å²) in [4.78, 5) is 6.89. The monoisotopic (exact) mass is 583 g/mol. The van der Waals surface area contributed by atoms with Crippen molar-refractivity contribution in [3.05, 3.63) is 52.8 Å². The maximum absolute atomic E-state index is 4.61. The molecule has 2 aromatic rings. The maximum Gasteiger partial charge on any atom is 0.148 e. The van der Waals surface area contributed by atoms with Crippen LogP contribution < -0.4 is 10.2 Å². The van der Waals surface area contributed by atoms with Crippen LogP contribution in [0, 0.1) is 20.8 Å². The number of halogens is 2. The summed E-state index contributed by atoms with van der Waals surface area (Å²) in [6.45, 7) is 10.5. The van der Waals surface area contributed by atoms with Crippen LogP contribution in [0.3, 0.4) is 0 Å². The van der Waals surface area contributed by atoms with Crippen LogP contribution in [0.5, 0.6) is 0 Å². The third-order valence-corrected chi connectivity index (χ3v) is 5.48. The first-order chi connectivity index (χ1) is 12.1. The fourth-order valence-electron chi connectivity index (χ4n) is 2.60. The van der Waals surface area contributed by atoms with Crippen LogP contribution in [0.15, 0.2) is 30.5 Å². The molecule has 1 atom stereocenters. The van der Waals surface area contributed by atoms with Gasteiger partial charge in [-0.3, -0.25) is 4.98 Å². The topological polar surface area (TPSA) is 28.2 Å². The normalized spacial score (nSPS) is 14.6. The third kappa shape index (κ3) is 5.63. The van der Waals surface area contributed by atoms with Crippen LogP contribution in [-0.2, 0) is 5.75 Å².